The molecule has 0 aliphatic carbocycles. The van der Waals surface area contributed by atoms with E-state index < -0.39 is 0 Å². The van der Waals surface area contributed by atoms with Gasteiger partial charge in [0.15, 0.2) is 0 Å². The molecule has 0 bridgehead atoms. The summed E-state index contributed by atoms with van der Waals surface area (Å²) < 4.78 is 5.17. The van der Waals surface area contributed by atoms with E-state index in [-0.39, 0.29) is 24.2 Å². The summed E-state index contributed by atoms with van der Waals surface area (Å²) in [5, 5.41) is 12.2. The molecule has 0 radical (unpaired) electrons. The number of anilines is 2. The molecule has 8 heteroatoms. The van der Waals surface area contributed by atoms with Gasteiger partial charge >= 0.3 is 0 Å². The molecule has 0 unspecified atom stereocenters. The van der Waals surface area contributed by atoms with Gasteiger partial charge in [0.25, 0.3) is 0 Å². The van der Waals surface area contributed by atoms with Crippen LogP contribution in [-0.2, 0) is 14.3 Å². The molecular weight excluding hydrogens is 352 g/mol. The van der Waals surface area contributed by atoms with Crippen LogP contribution in [0.4, 0.5) is 10.8 Å². The van der Waals surface area contributed by atoms with Crippen molar-refractivity contribution in [3.05, 3.63) is 34.8 Å². The van der Waals surface area contributed by atoms with Gasteiger partial charge < -0.3 is 15.0 Å². The first-order valence-electron chi connectivity index (χ1n) is 8.65. The predicted molar refractivity (Wildman–Crippen MR) is 101 cm³/mol. The fourth-order valence-corrected chi connectivity index (χ4v) is 3.76. The van der Waals surface area contributed by atoms with Crippen molar-refractivity contribution in [2.45, 2.75) is 32.6 Å². The van der Waals surface area contributed by atoms with E-state index >= 15 is 0 Å². The zero-order chi connectivity index (χ0) is 18.5. The number of rotatable bonds is 7. The van der Waals surface area contributed by atoms with Crippen molar-refractivity contribution in [3.8, 4) is 0 Å². The van der Waals surface area contributed by atoms with Crippen molar-refractivity contribution in [1.29, 1.82) is 0 Å². The maximum absolute atomic E-state index is 12.4. The SMILES string of the molecule is CCOCCC(=O)Nc1nnc([C@H]2CC(=O)N(c3ccccc3C)C2)s1. The molecule has 3 rings (SSSR count). The van der Waals surface area contributed by atoms with Gasteiger partial charge in [-0.25, -0.2) is 0 Å². The Balaban J connectivity index is 1.62. The van der Waals surface area contributed by atoms with Gasteiger partial charge in [-0.1, -0.05) is 29.5 Å². The zero-order valence-electron chi connectivity index (χ0n) is 14.9. The highest BCUT2D eigenvalue weighted by atomic mass is 32.1. The van der Waals surface area contributed by atoms with E-state index in [1.807, 2.05) is 43.0 Å². The lowest BCUT2D eigenvalue weighted by Gasteiger charge is -2.18. The fourth-order valence-electron chi connectivity index (χ4n) is 2.91. The summed E-state index contributed by atoms with van der Waals surface area (Å²) in [5.74, 6) is -0.0688. The average Bonchev–Trinajstić information content (AvgIpc) is 3.22. The standard InChI is InChI=1S/C18H22N4O3S/c1-3-25-9-8-15(23)19-18-21-20-17(26-18)13-10-16(24)22(11-13)14-7-5-4-6-12(14)2/h4-7,13H,3,8-11H2,1-2H3,(H,19,21,23)/t13-/m0/s1. The number of ether oxygens (including phenoxy) is 1. The van der Waals surface area contributed by atoms with Crippen LogP contribution in [0.1, 0.15) is 36.3 Å². The molecule has 1 aliphatic rings. The minimum Gasteiger partial charge on any atom is -0.381 e. The number of carbonyl (C=O) groups excluding carboxylic acids is 2. The smallest absolute Gasteiger partial charge is 0.228 e. The van der Waals surface area contributed by atoms with Gasteiger partial charge in [0.05, 0.1) is 13.0 Å². The number of nitrogens with zero attached hydrogens (tertiary/aromatic N) is 3. The molecule has 1 fully saturated rings. The highest BCUT2D eigenvalue weighted by molar-refractivity contribution is 7.15. The summed E-state index contributed by atoms with van der Waals surface area (Å²) in [6.45, 7) is 5.44. The second kappa shape index (κ2) is 8.37. The second-order valence-electron chi connectivity index (χ2n) is 6.13. The van der Waals surface area contributed by atoms with Crippen molar-refractivity contribution < 1.29 is 14.3 Å². The van der Waals surface area contributed by atoms with Crippen LogP contribution in [0.15, 0.2) is 24.3 Å². The molecule has 1 atom stereocenters. The zero-order valence-corrected chi connectivity index (χ0v) is 15.7. The van der Waals surface area contributed by atoms with Gasteiger partial charge in [0, 0.05) is 31.2 Å². The van der Waals surface area contributed by atoms with E-state index in [1.54, 1.807) is 0 Å². The number of amides is 2. The third kappa shape index (κ3) is 4.25. The van der Waals surface area contributed by atoms with E-state index in [0.29, 0.717) is 31.3 Å². The molecular formula is C18H22N4O3S. The summed E-state index contributed by atoms with van der Waals surface area (Å²) in [7, 11) is 0. The van der Waals surface area contributed by atoms with Gasteiger partial charge in [-0.05, 0) is 25.5 Å². The van der Waals surface area contributed by atoms with E-state index in [9.17, 15) is 9.59 Å². The number of benzene rings is 1. The van der Waals surface area contributed by atoms with Gasteiger partial charge in [-0.2, -0.15) is 0 Å². The number of para-hydroxylation sites is 1. The van der Waals surface area contributed by atoms with Gasteiger partial charge in [0.2, 0.25) is 16.9 Å². The minimum atomic E-state index is -0.148. The number of nitrogens with one attached hydrogen (secondary N) is 1. The van der Waals surface area contributed by atoms with E-state index in [2.05, 4.69) is 15.5 Å². The first-order chi connectivity index (χ1) is 12.6. The van der Waals surface area contributed by atoms with Crippen molar-refractivity contribution >= 4 is 34.0 Å². The first-order valence-corrected chi connectivity index (χ1v) is 9.47. The van der Waals surface area contributed by atoms with Crippen LogP contribution < -0.4 is 10.2 Å². The van der Waals surface area contributed by atoms with Crippen molar-refractivity contribution in [1.82, 2.24) is 10.2 Å². The molecule has 0 spiro atoms. The van der Waals surface area contributed by atoms with E-state index in [1.165, 1.54) is 11.3 Å². The van der Waals surface area contributed by atoms with Crippen LogP contribution >= 0.6 is 11.3 Å². The Morgan fingerprint density at radius 3 is 2.96 bits per heavy atom. The summed E-state index contributed by atoms with van der Waals surface area (Å²) in [5.41, 5.74) is 2.01. The Morgan fingerprint density at radius 2 is 2.19 bits per heavy atom. The number of hydrogen-bond donors (Lipinski definition) is 1. The molecule has 1 saturated heterocycles. The minimum absolute atomic E-state index is 0.00585. The molecule has 1 N–H and O–H groups in total. The van der Waals surface area contributed by atoms with Gasteiger partial charge in [0.1, 0.15) is 5.01 Å². The number of carbonyl (C=O) groups is 2. The summed E-state index contributed by atoms with van der Waals surface area (Å²) in [6, 6.07) is 7.85. The predicted octanol–water partition coefficient (Wildman–Crippen LogP) is 2.73. The Bertz CT molecular complexity index is 792. The van der Waals surface area contributed by atoms with Crippen LogP contribution in [0.2, 0.25) is 0 Å². The van der Waals surface area contributed by atoms with Crippen LogP contribution in [0.5, 0.6) is 0 Å². The van der Waals surface area contributed by atoms with Crippen molar-refractivity contribution in [2.24, 2.45) is 0 Å². The van der Waals surface area contributed by atoms with Crippen LogP contribution in [0, 0.1) is 6.92 Å². The quantitative estimate of drug-likeness (QED) is 0.753. The maximum atomic E-state index is 12.4. The molecule has 138 valence electrons. The molecule has 1 aromatic heterocycles. The monoisotopic (exact) mass is 374 g/mol. The molecule has 2 amide bonds. The summed E-state index contributed by atoms with van der Waals surface area (Å²) in [6.07, 6.45) is 0.687. The Morgan fingerprint density at radius 1 is 1.38 bits per heavy atom. The third-order valence-corrected chi connectivity index (χ3v) is 5.25. The maximum Gasteiger partial charge on any atom is 0.228 e. The molecule has 1 aliphatic heterocycles. The van der Waals surface area contributed by atoms with Gasteiger partial charge in [-0.3, -0.25) is 9.59 Å². The molecule has 2 heterocycles. The largest absolute Gasteiger partial charge is 0.381 e. The average molecular weight is 374 g/mol. The summed E-state index contributed by atoms with van der Waals surface area (Å²) in [4.78, 5) is 26.1. The van der Waals surface area contributed by atoms with Crippen LogP contribution in [0.25, 0.3) is 0 Å². The molecule has 7 nitrogen and oxygen atoms in total. The Labute approximate surface area is 156 Å². The molecule has 0 saturated carbocycles. The third-order valence-electron chi connectivity index (χ3n) is 4.25. The van der Waals surface area contributed by atoms with Gasteiger partial charge in [-0.15, -0.1) is 10.2 Å². The summed E-state index contributed by atoms with van der Waals surface area (Å²) >= 11 is 1.33. The van der Waals surface area contributed by atoms with Crippen molar-refractivity contribution in [3.63, 3.8) is 0 Å². The lowest BCUT2D eigenvalue weighted by atomic mass is 10.1. The van der Waals surface area contributed by atoms with E-state index in [0.717, 1.165) is 16.3 Å². The highest BCUT2D eigenvalue weighted by Gasteiger charge is 2.34. The van der Waals surface area contributed by atoms with Crippen LogP contribution in [0.3, 0.4) is 0 Å². The Hall–Kier alpha value is -2.32. The molecule has 1 aromatic carbocycles. The normalized spacial score (nSPS) is 16.9. The number of hydrogen-bond acceptors (Lipinski definition) is 6. The molecule has 26 heavy (non-hydrogen) atoms. The second-order valence-corrected chi connectivity index (χ2v) is 7.14. The number of aryl methyl sites for hydroxylation is 1. The fraction of sp³-hybridized carbons (Fsp3) is 0.444. The lowest BCUT2D eigenvalue weighted by Crippen LogP contribution is -2.25. The number of aromatic nitrogens is 2. The van der Waals surface area contributed by atoms with Crippen LogP contribution in [-0.4, -0.2) is 41.8 Å². The molecule has 2 aromatic rings. The Kier molecular flexibility index (Phi) is 5.95. The highest BCUT2D eigenvalue weighted by Crippen LogP contribution is 2.35. The topological polar surface area (TPSA) is 84.4 Å². The lowest BCUT2D eigenvalue weighted by molar-refractivity contribution is -0.118. The van der Waals surface area contributed by atoms with E-state index in [4.69, 9.17) is 4.74 Å². The first kappa shape index (κ1) is 18.5. The van der Waals surface area contributed by atoms with Crippen molar-refractivity contribution in [2.75, 3.05) is 30.0 Å².